The maximum Gasteiger partial charge on any atom is 0.408 e. The Morgan fingerprint density at radius 3 is 2.38 bits per heavy atom. The van der Waals surface area contributed by atoms with Gasteiger partial charge in [-0.15, -0.1) is 4.36 Å². The molecule has 8 heteroatoms. The smallest absolute Gasteiger partial charge is 0.408 e. The van der Waals surface area contributed by atoms with Crippen molar-refractivity contribution in [1.82, 2.24) is 5.32 Å². The summed E-state index contributed by atoms with van der Waals surface area (Å²) in [5, 5.41) is 10.3. The number of nitrogens with one attached hydrogen (secondary N) is 1. The number of carbonyl (C=O) groups excluding carboxylic acids is 2. The Kier molecular flexibility index (Phi) is 7.02. The van der Waals surface area contributed by atoms with Crippen LogP contribution in [0.5, 0.6) is 0 Å². The number of hydrogen-bond donors (Lipinski definition) is 2. The van der Waals surface area contributed by atoms with Gasteiger partial charge >= 0.3 is 6.09 Å². The van der Waals surface area contributed by atoms with E-state index >= 15 is 0 Å². The third kappa shape index (κ3) is 6.27. The molecule has 0 saturated heterocycles. The summed E-state index contributed by atoms with van der Waals surface area (Å²) in [5.41, 5.74) is -0.712. The van der Waals surface area contributed by atoms with Gasteiger partial charge in [0.05, 0.1) is 4.90 Å². The molecule has 2 aromatic rings. The zero-order chi connectivity index (χ0) is 21.8. The molecule has 2 amide bonds. The van der Waals surface area contributed by atoms with Crippen LogP contribution in [0.3, 0.4) is 0 Å². The average Bonchev–Trinajstić information content (AvgIpc) is 2.63. The number of fused-ring (bicyclic) bond motifs is 1. The zero-order valence-electron chi connectivity index (χ0n) is 17.5. The second kappa shape index (κ2) is 8.92. The highest BCUT2D eigenvalue weighted by Gasteiger charge is 2.29. The molecule has 0 spiro atoms. The van der Waals surface area contributed by atoms with E-state index in [1.165, 1.54) is 0 Å². The predicted molar refractivity (Wildman–Crippen MR) is 115 cm³/mol. The zero-order valence-corrected chi connectivity index (χ0v) is 18.3. The van der Waals surface area contributed by atoms with Crippen LogP contribution in [0.25, 0.3) is 10.8 Å². The highest BCUT2D eigenvalue weighted by molar-refractivity contribution is 7.91. The lowest BCUT2D eigenvalue weighted by Gasteiger charge is -2.25. The van der Waals surface area contributed by atoms with Gasteiger partial charge < -0.3 is 10.1 Å². The van der Waals surface area contributed by atoms with E-state index in [1.807, 2.05) is 31.2 Å². The number of amides is 2. The first-order valence-corrected chi connectivity index (χ1v) is 11.1. The number of carbonyl (C=O) groups is 2. The Labute approximate surface area is 172 Å². The van der Waals surface area contributed by atoms with Crippen molar-refractivity contribution in [2.75, 3.05) is 0 Å². The van der Waals surface area contributed by atoms with Crippen LogP contribution in [0.1, 0.15) is 41.0 Å². The fourth-order valence-corrected chi connectivity index (χ4v) is 3.76. The topological polar surface area (TPSA) is 111 Å². The molecule has 29 heavy (non-hydrogen) atoms. The molecule has 7 nitrogen and oxygen atoms in total. The molecule has 2 aromatic carbocycles. The van der Waals surface area contributed by atoms with Crippen molar-refractivity contribution in [2.45, 2.75) is 57.6 Å². The number of hydrogen-bond acceptors (Lipinski definition) is 4. The number of nitrogens with two attached hydrogens (primary N) is 1. The van der Waals surface area contributed by atoms with Gasteiger partial charge in [-0.3, -0.25) is 4.79 Å². The molecule has 0 fully saturated rings. The van der Waals surface area contributed by atoms with Crippen LogP contribution in [0.2, 0.25) is 0 Å². The monoisotopic (exact) mass is 419 g/mol. The van der Waals surface area contributed by atoms with Gasteiger partial charge in [0.1, 0.15) is 21.6 Å². The first kappa shape index (κ1) is 22.8. The molecule has 0 aliphatic rings. The van der Waals surface area contributed by atoms with E-state index in [-0.39, 0.29) is 10.8 Å². The Bertz CT molecular complexity index is 1020. The lowest BCUT2D eigenvalue weighted by atomic mass is 9.99. The van der Waals surface area contributed by atoms with Crippen molar-refractivity contribution in [3.63, 3.8) is 0 Å². The normalized spacial score (nSPS) is 15.8. The van der Waals surface area contributed by atoms with Crippen molar-refractivity contribution in [2.24, 2.45) is 15.4 Å². The Hall–Kier alpha value is -2.45. The van der Waals surface area contributed by atoms with Crippen molar-refractivity contribution in [3.05, 3.63) is 42.5 Å². The highest BCUT2D eigenvalue weighted by atomic mass is 32.2. The van der Waals surface area contributed by atoms with Gasteiger partial charge in [-0.1, -0.05) is 50.6 Å². The summed E-state index contributed by atoms with van der Waals surface area (Å²) in [4.78, 5) is 25.2. The van der Waals surface area contributed by atoms with Crippen molar-refractivity contribution >= 4 is 32.7 Å². The third-order valence-electron chi connectivity index (χ3n) is 4.44. The lowest BCUT2D eigenvalue weighted by Crippen LogP contribution is -2.46. The number of benzene rings is 2. The van der Waals surface area contributed by atoms with Crippen LogP contribution < -0.4 is 10.5 Å². The van der Waals surface area contributed by atoms with Crippen LogP contribution in [0.4, 0.5) is 4.79 Å². The maximum absolute atomic E-state index is 13.0. The average molecular weight is 420 g/mol. The molecule has 0 bridgehead atoms. The highest BCUT2D eigenvalue weighted by Crippen LogP contribution is 2.20. The molecule has 1 unspecified atom stereocenters. The summed E-state index contributed by atoms with van der Waals surface area (Å²) in [6.07, 6.45) is -0.135. The van der Waals surface area contributed by atoms with Gasteiger partial charge in [-0.25, -0.2) is 14.1 Å². The number of rotatable bonds is 5. The Morgan fingerprint density at radius 1 is 1.17 bits per heavy atom. The van der Waals surface area contributed by atoms with Gasteiger partial charge in [0, 0.05) is 0 Å². The minimum atomic E-state index is -3.48. The third-order valence-corrected chi connectivity index (χ3v) is 5.82. The van der Waals surface area contributed by atoms with Gasteiger partial charge in [0.25, 0.3) is 5.91 Å². The van der Waals surface area contributed by atoms with Crippen LogP contribution >= 0.6 is 0 Å². The quantitative estimate of drug-likeness (QED) is 0.763. The SMILES string of the molecule is CC[C@H](C)[C@H](NC(=O)OC(C)(C)C)C(=O)N=S(N)(=O)c1ccc2ccccc2c1. The molecule has 0 radical (unpaired) electrons. The van der Waals surface area contributed by atoms with Crippen molar-refractivity contribution < 1.29 is 18.5 Å². The summed E-state index contributed by atoms with van der Waals surface area (Å²) in [7, 11) is -3.48. The second-order valence-electron chi connectivity index (χ2n) is 8.02. The summed E-state index contributed by atoms with van der Waals surface area (Å²) in [6.45, 7) is 8.85. The van der Waals surface area contributed by atoms with Crippen LogP contribution in [0, 0.1) is 5.92 Å². The van der Waals surface area contributed by atoms with Gasteiger partial charge in [0.15, 0.2) is 0 Å². The summed E-state index contributed by atoms with van der Waals surface area (Å²) in [5.74, 6) is -0.989. The number of nitrogens with zero attached hydrogens (tertiary/aromatic N) is 1. The molecule has 0 aromatic heterocycles. The Balaban J connectivity index is 2.34. The van der Waals surface area contributed by atoms with E-state index < -0.39 is 33.6 Å². The maximum atomic E-state index is 13.0. The largest absolute Gasteiger partial charge is 0.444 e. The molecule has 0 saturated carbocycles. The van der Waals surface area contributed by atoms with E-state index in [0.29, 0.717) is 6.42 Å². The van der Waals surface area contributed by atoms with E-state index in [0.717, 1.165) is 10.8 Å². The Morgan fingerprint density at radius 2 is 1.79 bits per heavy atom. The molecule has 0 aliphatic heterocycles. The summed E-state index contributed by atoms with van der Waals surface area (Å²) in [6, 6.07) is 11.6. The fraction of sp³-hybridized carbons (Fsp3) is 0.429. The molecular formula is C21H29N3O4S. The molecule has 3 atom stereocenters. The molecule has 0 aliphatic carbocycles. The predicted octanol–water partition coefficient (Wildman–Crippen LogP) is 4.01. The van der Waals surface area contributed by atoms with Crippen LogP contribution in [-0.2, 0) is 19.4 Å². The van der Waals surface area contributed by atoms with E-state index in [9.17, 15) is 13.8 Å². The van der Waals surface area contributed by atoms with E-state index in [2.05, 4.69) is 9.68 Å². The number of alkyl carbamates (subject to hydrolysis) is 1. The first-order chi connectivity index (χ1) is 13.4. The summed E-state index contributed by atoms with van der Waals surface area (Å²) >= 11 is 0. The summed E-state index contributed by atoms with van der Waals surface area (Å²) < 4.78 is 22.0. The molecular weight excluding hydrogens is 390 g/mol. The fourth-order valence-electron chi connectivity index (χ4n) is 2.71. The molecule has 2 rings (SSSR count). The standard InChI is InChI=1S/C21H29N3O4S/c1-6-14(2)18(23-20(26)28-21(3,4)5)19(25)24-29(22,27)17-12-11-15-9-7-8-10-16(15)13-17/h7-14,18H,6H2,1-5H3,(H,23,26)(H2,22,24,25,27)/t14-,18-,29?/m0/s1. The number of ether oxygens (including phenoxy) is 1. The van der Waals surface area contributed by atoms with Crippen molar-refractivity contribution in [1.29, 1.82) is 0 Å². The van der Waals surface area contributed by atoms with Gasteiger partial charge in [-0.05, 0) is 49.6 Å². The minimum absolute atomic E-state index is 0.245. The molecule has 0 heterocycles. The van der Waals surface area contributed by atoms with E-state index in [4.69, 9.17) is 9.88 Å². The molecule has 158 valence electrons. The minimum Gasteiger partial charge on any atom is -0.444 e. The van der Waals surface area contributed by atoms with Gasteiger partial charge in [-0.2, -0.15) is 0 Å². The van der Waals surface area contributed by atoms with Crippen molar-refractivity contribution in [3.8, 4) is 0 Å². The lowest BCUT2D eigenvalue weighted by molar-refractivity contribution is -0.120. The van der Waals surface area contributed by atoms with Gasteiger partial charge in [0.2, 0.25) is 0 Å². The first-order valence-electron chi connectivity index (χ1n) is 9.50. The van der Waals surface area contributed by atoms with Crippen LogP contribution in [-0.4, -0.2) is 27.9 Å². The van der Waals surface area contributed by atoms with E-state index in [1.54, 1.807) is 45.9 Å². The molecule has 3 N–H and O–H groups in total. The van der Waals surface area contributed by atoms with Crippen LogP contribution in [0.15, 0.2) is 51.7 Å². The second-order valence-corrected chi connectivity index (χ2v) is 9.81.